The first-order chi connectivity index (χ1) is 8.89. The van der Waals surface area contributed by atoms with Gasteiger partial charge in [0, 0.05) is 12.0 Å². The molecule has 4 heteroatoms. The molecule has 0 aromatic carbocycles. The van der Waals surface area contributed by atoms with Gasteiger partial charge in [-0.3, -0.25) is 9.59 Å². The lowest BCUT2D eigenvalue weighted by Crippen LogP contribution is -2.27. The van der Waals surface area contributed by atoms with E-state index in [0.717, 1.165) is 21.8 Å². The van der Waals surface area contributed by atoms with Crippen molar-refractivity contribution in [3.05, 3.63) is 16.0 Å². The zero-order chi connectivity index (χ0) is 14.2. The van der Waals surface area contributed by atoms with E-state index in [1.807, 2.05) is 6.26 Å². The molecule has 0 saturated carbocycles. The first kappa shape index (κ1) is 14.4. The lowest BCUT2D eigenvalue weighted by molar-refractivity contribution is 0.0910. The highest BCUT2D eigenvalue weighted by atomic mass is 32.2. The van der Waals surface area contributed by atoms with Crippen molar-refractivity contribution >= 4 is 34.7 Å². The van der Waals surface area contributed by atoms with Gasteiger partial charge in [-0.25, -0.2) is 0 Å². The van der Waals surface area contributed by atoms with Gasteiger partial charge in [0.25, 0.3) is 0 Å². The van der Waals surface area contributed by atoms with Crippen molar-refractivity contribution in [2.45, 2.75) is 37.8 Å². The Hall–Kier alpha value is -1.05. The van der Waals surface area contributed by atoms with Crippen molar-refractivity contribution < 1.29 is 9.59 Å². The van der Waals surface area contributed by atoms with Crippen LogP contribution in [0.1, 0.15) is 52.8 Å². The summed E-state index contributed by atoms with van der Waals surface area (Å²) in [5, 5.41) is 0. The van der Waals surface area contributed by atoms with Gasteiger partial charge >= 0.3 is 0 Å². The van der Waals surface area contributed by atoms with Gasteiger partial charge in [-0.05, 0) is 36.5 Å². The standard InChI is InChI=1S/C15H16O2S2/c1-5-6-10(16)13-9-7-15(2,3)8-11(17)12(9)14(18-4)19-13/h7-8H2,1-4H3. The molecule has 100 valence electrons. The number of rotatable bonds is 2. The number of hydrogen-bond donors (Lipinski definition) is 0. The van der Waals surface area contributed by atoms with Crippen molar-refractivity contribution in [3.63, 3.8) is 0 Å². The number of hydrogen-bond acceptors (Lipinski definition) is 4. The van der Waals surface area contributed by atoms with Gasteiger partial charge in [0.05, 0.1) is 9.09 Å². The van der Waals surface area contributed by atoms with Crippen LogP contribution < -0.4 is 0 Å². The molecule has 0 aliphatic heterocycles. The predicted molar refractivity (Wildman–Crippen MR) is 80.3 cm³/mol. The molecule has 2 rings (SSSR count). The van der Waals surface area contributed by atoms with Gasteiger partial charge in [0.15, 0.2) is 5.78 Å². The Balaban J connectivity index is 2.62. The minimum absolute atomic E-state index is 0.0739. The fourth-order valence-corrected chi connectivity index (χ4v) is 4.44. The van der Waals surface area contributed by atoms with E-state index in [1.54, 1.807) is 18.7 Å². The maximum Gasteiger partial charge on any atom is 0.246 e. The molecule has 0 unspecified atom stereocenters. The number of Topliss-reactive ketones (excluding diaryl/α,β-unsaturated/α-hetero) is 2. The van der Waals surface area contributed by atoms with Gasteiger partial charge in [-0.2, -0.15) is 0 Å². The quantitative estimate of drug-likeness (QED) is 0.359. The summed E-state index contributed by atoms with van der Waals surface area (Å²) in [6, 6.07) is 0. The second kappa shape index (κ2) is 5.15. The highest BCUT2D eigenvalue weighted by Gasteiger charge is 2.36. The summed E-state index contributed by atoms with van der Waals surface area (Å²) in [5.74, 6) is 5.24. The molecule has 1 heterocycles. The fourth-order valence-electron chi connectivity index (χ4n) is 2.45. The van der Waals surface area contributed by atoms with E-state index in [9.17, 15) is 9.59 Å². The van der Waals surface area contributed by atoms with Gasteiger partial charge in [-0.15, -0.1) is 23.1 Å². The molecule has 0 fully saturated rings. The summed E-state index contributed by atoms with van der Waals surface area (Å²) in [6.07, 6.45) is 3.27. The largest absolute Gasteiger partial charge is 0.294 e. The topological polar surface area (TPSA) is 34.1 Å². The molecular formula is C15H16O2S2. The van der Waals surface area contributed by atoms with Crippen LogP contribution in [0.15, 0.2) is 4.21 Å². The highest BCUT2D eigenvalue weighted by Crippen LogP contribution is 2.44. The van der Waals surface area contributed by atoms with Gasteiger partial charge < -0.3 is 0 Å². The maximum absolute atomic E-state index is 12.3. The van der Waals surface area contributed by atoms with E-state index in [-0.39, 0.29) is 17.0 Å². The third-order valence-corrected chi connectivity index (χ3v) is 5.53. The average molecular weight is 292 g/mol. The van der Waals surface area contributed by atoms with Gasteiger partial charge in [0.1, 0.15) is 0 Å². The Morgan fingerprint density at radius 2 is 2.05 bits per heavy atom. The fraction of sp³-hybridized carbons (Fsp3) is 0.467. The number of fused-ring (bicyclic) bond motifs is 1. The predicted octanol–water partition coefficient (Wildman–Crippen LogP) is 3.83. The molecule has 0 N–H and O–H groups in total. The molecular weight excluding hydrogens is 276 g/mol. The molecule has 1 aromatic heterocycles. The summed E-state index contributed by atoms with van der Waals surface area (Å²) in [7, 11) is 0. The molecule has 1 aliphatic carbocycles. The molecule has 1 aliphatic rings. The number of ketones is 2. The zero-order valence-corrected chi connectivity index (χ0v) is 13.2. The van der Waals surface area contributed by atoms with Gasteiger partial charge in [-0.1, -0.05) is 19.8 Å². The van der Waals surface area contributed by atoms with Crippen LogP contribution in [0, 0.1) is 17.3 Å². The van der Waals surface area contributed by atoms with Crippen LogP contribution in [0.5, 0.6) is 0 Å². The average Bonchev–Trinajstić information content (AvgIpc) is 2.66. The monoisotopic (exact) mass is 292 g/mol. The van der Waals surface area contributed by atoms with Crippen LogP contribution >= 0.6 is 23.1 Å². The first-order valence-corrected chi connectivity index (χ1v) is 8.13. The van der Waals surface area contributed by atoms with Gasteiger partial charge in [0.2, 0.25) is 5.78 Å². The summed E-state index contributed by atoms with van der Waals surface area (Å²) in [6.45, 7) is 5.80. The molecule has 0 atom stereocenters. The maximum atomic E-state index is 12.3. The number of carbonyl (C=O) groups is 2. The van der Waals surface area contributed by atoms with E-state index in [0.29, 0.717) is 11.3 Å². The second-order valence-corrected chi connectivity index (χ2v) is 7.52. The Bertz CT molecular complexity index is 612. The van der Waals surface area contributed by atoms with Crippen LogP contribution in [0.3, 0.4) is 0 Å². The summed E-state index contributed by atoms with van der Waals surface area (Å²) in [5.41, 5.74) is 1.62. The summed E-state index contributed by atoms with van der Waals surface area (Å²) in [4.78, 5) is 25.1. The Morgan fingerprint density at radius 3 is 2.63 bits per heavy atom. The van der Waals surface area contributed by atoms with Crippen LogP contribution in [-0.4, -0.2) is 17.8 Å². The summed E-state index contributed by atoms with van der Waals surface area (Å²) < 4.78 is 0.955. The Kier molecular flexibility index (Phi) is 3.89. The van der Waals surface area contributed by atoms with E-state index >= 15 is 0 Å². The second-order valence-electron chi connectivity index (χ2n) is 5.42. The molecule has 0 radical (unpaired) electrons. The van der Waals surface area contributed by atoms with Crippen molar-refractivity contribution in [1.29, 1.82) is 0 Å². The van der Waals surface area contributed by atoms with Crippen LogP contribution in [-0.2, 0) is 6.42 Å². The minimum atomic E-state index is -0.158. The molecule has 1 aromatic rings. The van der Waals surface area contributed by atoms with E-state index in [2.05, 4.69) is 25.7 Å². The smallest absolute Gasteiger partial charge is 0.246 e. The number of thiophene rings is 1. The Morgan fingerprint density at radius 1 is 1.37 bits per heavy atom. The van der Waals surface area contributed by atoms with E-state index in [1.165, 1.54) is 11.3 Å². The third kappa shape index (κ3) is 2.63. The van der Waals surface area contributed by atoms with E-state index in [4.69, 9.17) is 0 Å². The SMILES string of the molecule is CC#CC(=O)c1sc(SC)c2c1CC(C)(C)CC2=O. The third-order valence-electron chi connectivity index (χ3n) is 3.18. The van der Waals surface area contributed by atoms with E-state index < -0.39 is 0 Å². The summed E-state index contributed by atoms with van der Waals surface area (Å²) >= 11 is 2.96. The molecule has 0 amide bonds. The van der Waals surface area contributed by atoms with Crippen LogP contribution in [0.4, 0.5) is 0 Å². The lowest BCUT2D eigenvalue weighted by atomic mass is 9.74. The Labute approximate surface area is 122 Å². The normalized spacial score (nSPS) is 16.5. The number of carbonyl (C=O) groups excluding carboxylic acids is 2. The molecule has 0 saturated heterocycles. The molecule has 0 bridgehead atoms. The molecule has 2 nitrogen and oxygen atoms in total. The van der Waals surface area contributed by atoms with Crippen LogP contribution in [0.2, 0.25) is 0 Å². The highest BCUT2D eigenvalue weighted by molar-refractivity contribution is 8.00. The minimum Gasteiger partial charge on any atom is -0.294 e. The molecule has 0 spiro atoms. The first-order valence-electron chi connectivity index (χ1n) is 6.09. The van der Waals surface area contributed by atoms with Crippen molar-refractivity contribution in [2.75, 3.05) is 6.26 Å². The van der Waals surface area contributed by atoms with Crippen molar-refractivity contribution in [1.82, 2.24) is 0 Å². The zero-order valence-electron chi connectivity index (χ0n) is 11.5. The van der Waals surface area contributed by atoms with Crippen LogP contribution in [0.25, 0.3) is 0 Å². The lowest BCUT2D eigenvalue weighted by Gasteiger charge is -2.29. The van der Waals surface area contributed by atoms with Crippen molar-refractivity contribution in [3.8, 4) is 11.8 Å². The number of thioether (sulfide) groups is 1. The van der Waals surface area contributed by atoms with Crippen molar-refractivity contribution in [2.24, 2.45) is 5.41 Å². The molecule has 19 heavy (non-hydrogen) atoms.